The van der Waals surface area contributed by atoms with E-state index < -0.39 is 0 Å². The molecule has 0 spiro atoms. The molecule has 7 heteroatoms. The van der Waals surface area contributed by atoms with Crippen LogP contribution in [0.15, 0.2) is 6.07 Å². The monoisotopic (exact) mass is 377 g/mol. The van der Waals surface area contributed by atoms with Crippen molar-refractivity contribution in [2.45, 2.75) is 64.8 Å². The summed E-state index contributed by atoms with van der Waals surface area (Å²) in [6.07, 6.45) is 7.08. The van der Waals surface area contributed by atoms with Crippen LogP contribution in [0.3, 0.4) is 0 Å². The van der Waals surface area contributed by atoms with Gasteiger partial charge < -0.3 is 10.1 Å². The summed E-state index contributed by atoms with van der Waals surface area (Å²) >= 11 is 1.52. The summed E-state index contributed by atoms with van der Waals surface area (Å²) in [5.74, 6) is -0.295. The molecule has 0 radical (unpaired) electrons. The molecule has 0 saturated heterocycles. The number of thiophene rings is 1. The number of ether oxygens (including phenoxy) is 1. The molecule has 0 bridgehead atoms. The van der Waals surface area contributed by atoms with Gasteiger partial charge in [-0.05, 0) is 39.2 Å². The van der Waals surface area contributed by atoms with Crippen molar-refractivity contribution >= 4 is 33.4 Å². The third-order valence-corrected chi connectivity index (χ3v) is 5.98. The topological polar surface area (TPSA) is 73.2 Å². The minimum atomic E-state index is -0.216. The first kappa shape index (κ1) is 18.9. The van der Waals surface area contributed by atoms with E-state index in [2.05, 4.69) is 10.00 Å². The molecular weight excluding hydrogens is 350 g/mol. The van der Waals surface area contributed by atoms with E-state index in [0.717, 1.165) is 15.9 Å². The van der Waals surface area contributed by atoms with Crippen molar-refractivity contribution in [1.82, 2.24) is 15.1 Å². The molecule has 3 rings (SSSR count). The van der Waals surface area contributed by atoms with Crippen molar-refractivity contribution < 1.29 is 14.3 Å². The van der Waals surface area contributed by atoms with Crippen molar-refractivity contribution in [3.8, 4) is 0 Å². The van der Waals surface area contributed by atoms with Crippen molar-refractivity contribution in [3.05, 3.63) is 16.6 Å². The van der Waals surface area contributed by atoms with Gasteiger partial charge >= 0.3 is 5.97 Å². The summed E-state index contributed by atoms with van der Waals surface area (Å²) in [4.78, 5) is 25.6. The zero-order chi connectivity index (χ0) is 18.5. The summed E-state index contributed by atoms with van der Waals surface area (Å²) in [5.41, 5.74) is 0.989. The van der Waals surface area contributed by atoms with Crippen molar-refractivity contribution in [3.63, 3.8) is 0 Å². The average Bonchev–Trinajstić information content (AvgIpc) is 3.20. The van der Waals surface area contributed by atoms with Crippen LogP contribution in [0.4, 0.5) is 0 Å². The molecule has 0 atom stereocenters. The number of nitrogens with one attached hydrogen (secondary N) is 1. The molecule has 0 unspecified atom stereocenters. The Morgan fingerprint density at radius 3 is 2.85 bits per heavy atom. The van der Waals surface area contributed by atoms with Gasteiger partial charge in [-0.3, -0.25) is 14.3 Å². The Morgan fingerprint density at radius 1 is 1.35 bits per heavy atom. The van der Waals surface area contributed by atoms with Crippen LogP contribution in [0, 0.1) is 6.92 Å². The number of hydrogen-bond acceptors (Lipinski definition) is 5. The highest BCUT2D eigenvalue weighted by atomic mass is 32.1. The van der Waals surface area contributed by atoms with E-state index in [4.69, 9.17) is 9.84 Å². The predicted octanol–water partition coefficient (Wildman–Crippen LogP) is 3.98. The minimum Gasteiger partial charge on any atom is -0.466 e. The number of esters is 1. The molecule has 2 aromatic heterocycles. The third kappa shape index (κ3) is 4.26. The zero-order valence-corrected chi connectivity index (χ0v) is 16.4. The van der Waals surface area contributed by atoms with E-state index in [9.17, 15) is 9.59 Å². The Hall–Kier alpha value is -1.89. The zero-order valence-electron chi connectivity index (χ0n) is 15.5. The normalized spacial score (nSPS) is 15.3. The van der Waals surface area contributed by atoms with Gasteiger partial charge in [0.15, 0.2) is 0 Å². The van der Waals surface area contributed by atoms with Gasteiger partial charge in [-0.2, -0.15) is 5.10 Å². The second-order valence-electron chi connectivity index (χ2n) is 6.82. The number of hydrogen-bond donors (Lipinski definition) is 1. The third-order valence-electron chi connectivity index (χ3n) is 4.86. The maximum atomic E-state index is 12.4. The number of carbonyl (C=O) groups is 2. The molecule has 26 heavy (non-hydrogen) atoms. The van der Waals surface area contributed by atoms with E-state index in [0.29, 0.717) is 36.9 Å². The lowest BCUT2D eigenvalue weighted by molar-refractivity contribution is -0.143. The van der Waals surface area contributed by atoms with Gasteiger partial charge in [-0.1, -0.05) is 19.3 Å². The highest BCUT2D eigenvalue weighted by molar-refractivity contribution is 7.20. The summed E-state index contributed by atoms with van der Waals surface area (Å²) in [7, 11) is 0. The van der Waals surface area contributed by atoms with Gasteiger partial charge in [0, 0.05) is 18.4 Å². The largest absolute Gasteiger partial charge is 0.466 e. The molecule has 1 amide bonds. The van der Waals surface area contributed by atoms with Gasteiger partial charge in [-0.15, -0.1) is 11.3 Å². The highest BCUT2D eigenvalue weighted by Crippen LogP contribution is 2.35. The van der Waals surface area contributed by atoms with E-state index in [-0.39, 0.29) is 11.9 Å². The number of carbonyl (C=O) groups excluding carboxylic acids is 2. The fourth-order valence-corrected chi connectivity index (χ4v) is 4.66. The van der Waals surface area contributed by atoms with Gasteiger partial charge in [0.25, 0.3) is 5.91 Å². The Labute approximate surface area is 157 Å². The lowest BCUT2D eigenvalue weighted by atomic mass is 9.96. The second-order valence-corrected chi connectivity index (χ2v) is 7.85. The second kappa shape index (κ2) is 8.66. The fraction of sp³-hybridized carbons (Fsp3) is 0.632. The van der Waals surface area contributed by atoms with Crippen molar-refractivity contribution in [2.75, 3.05) is 13.2 Å². The van der Waals surface area contributed by atoms with Crippen LogP contribution in [0.2, 0.25) is 0 Å². The molecule has 6 nitrogen and oxygen atoms in total. The van der Waals surface area contributed by atoms with Crippen molar-refractivity contribution in [2.24, 2.45) is 0 Å². The van der Waals surface area contributed by atoms with E-state index >= 15 is 0 Å². The Kier molecular flexibility index (Phi) is 6.29. The molecule has 2 heterocycles. The van der Waals surface area contributed by atoms with Crippen LogP contribution in [0.5, 0.6) is 0 Å². The van der Waals surface area contributed by atoms with E-state index in [1.165, 1.54) is 43.4 Å². The molecule has 1 N–H and O–H groups in total. The van der Waals surface area contributed by atoms with Crippen LogP contribution < -0.4 is 5.32 Å². The molecule has 2 aromatic rings. The molecule has 1 saturated carbocycles. The fourth-order valence-electron chi connectivity index (χ4n) is 3.51. The van der Waals surface area contributed by atoms with Crippen LogP contribution in [-0.4, -0.2) is 34.8 Å². The smallest absolute Gasteiger partial charge is 0.305 e. The summed E-state index contributed by atoms with van der Waals surface area (Å²) in [6.45, 7) is 4.66. The maximum absolute atomic E-state index is 12.4. The molecular formula is C19H27N3O3S. The van der Waals surface area contributed by atoms with Gasteiger partial charge in [0.1, 0.15) is 4.83 Å². The highest BCUT2D eigenvalue weighted by Gasteiger charge is 2.22. The Bertz CT molecular complexity index is 774. The number of nitrogens with zero attached hydrogens (tertiary/aromatic N) is 2. The van der Waals surface area contributed by atoms with E-state index in [1.54, 1.807) is 6.92 Å². The lowest BCUT2D eigenvalue weighted by Gasteiger charge is -2.22. The number of fused-ring (bicyclic) bond motifs is 1. The number of rotatable bonds is 7. The number of aryl methyl sites for hydroxylation is 1. The first-order chi connectivity index (χ1) is 12.6. The van der Waals surface area contributed by atoms with E-state index in [1.807, 2.05) is 13.0 Å². The molecule has 1 aliphatic carbocycles. The first-order valence-electron chi connectivity index (χ1n) is 9.52. The van der Waals surface area contributed by atoms with Crippen LogP contribution in [-0.2, 0) is 9.53 Å². The van der Waals surface area contributed by atoms with Crippen LogP contribution in [0.25, 0.3) is 10.2 Å². The van der Waals surface area contributed by atoms with Gasteiger partial charge in [0.05, 0.1) is 23.2 Å². The molecule has 1 fully saturated rings. The quantitative estimate of drug-likeness (QED) is 0.585. The summed E-state index contributed by atoms with van der Waals surface area (Å²) < 4.78 is 7.03. The predicted molar refractivity (Wildman–Crippen MR) is 103 cm³/mol. The number of aromatic nitrogens is 2. The van der Waals surface area contributed by atoms with Crippen LogP contribution >= 0.6 is 11.3 Å². The first-order valence-corrected chi connectivity index (χ1v) is 10.3. The standard InChI is InChI=1S/C19H27N3O3S/c1-3-25-17(23)10-7-11-20-18(24)16-12-15-13(2)21-22(19(15)26-16)14-8-5-4-6-9-14/h12,14H,3-11H2,1-2H3,(H,20,24). The van der Waals surface area contributed by atoms with Gasteiger partial charge in [0.2, 0.25) is 0 Å². The summed E-state index contributed by atoms with van der Waals surface area (Å²) in [5, 5.41) is 8.71. The molecule has 0 aromatic carbocycles. The summed E-state index contributed by atoms with van der Waals surface area (Å²) in [6, 6.07) is 2.40. The SMILES string of the molecule is CCOC(=O)CCCNC(=O)c1cc2c(C)nn(C3CCCCC3)c2s1. The molecule has 1 aliphatic rings. The molecule has 0 aliphatic heterocycles. The number of amides is 1. The maximum Gasteiger partial charge on any atom is 0.305 e. The Morgan fingerprint density at radius 2 is 2.12 bits per heavy atom. The minimum absolute atomic E-state index is 0.0790. The molecule has 142 valence electrons. The van der Waals surface area contributed by atoms with Crippen molar-refractivity contribution in [1.29, 1.82) is 0 Å². The van der Waals surface area contributed by atoms with Gasteiger partial charge in [-0.25, -0.2) is 0 Å². The van der Waals surface area contributed by atoms with Crippen LogP contribution in [0.1, 0.15) is 73.3 Å². The average molecular weight is 378 g/mol. The lowest BCUT2D eigenvalue weighted by Crippen LogP contribution is -2.24. The Balaban J connectivity index is 1.63.